The van der Waals surface area contributed by atoms with E-state index in [-0.39, 0.29) is 28.8 Å². The van der Waals surface area contributed by atoms with E-state index in [1.807, 2.05) is 35.2 Å². The van der Waals surface area contributed by atoms with Gasteiger partial charge in [-0.2, -0.15) is 0 Å². The van der Waals surface area contributed by atoms with Gasteiger partial charge in [0, 0.05) is 34.9 Å². The molecule has 0 aromatic carbocycles. The maximum atomic E-state index is 13.2. The summed E-state index contributed by atoms with van der Waals surface area (Å²) in [6.45, 7) is 5.38. The Labute approximate surface area is 243 Å². The Morgan fingerprint density at radius 1 is 1.29 bits per heavy atom. The molecule has 2 atom stereocenters. The number of β-lactam (4-membered cyclic amide) rings is 1. The molecule has 4 heterocycles. The fourth-order valence-electron chi connectivity index (χ4n) is 4.00. The molecule has 4 N–H and O–H groups in total. The Balaban J connectivity index is 1.45. The predicted molar refractivity (Wildman–Crippen MR) is 150 cm³/mol. The summed E-state index contributed by atoms with van der Waals surface area (Å²) < 4.78 is 6.99. The fraction of sp³-hybridized carbons (Fsp3) is 0.346. The van der Waals surface area contributed by atoms with Gasteiger partial charge in [0.2, 0.25) is 0 Å². The first-order valence-electron chi connectivity index (χ1n) is 12.4. The van der Waals surface area contributed by atoms with Gasteiger partial charge < -0.3 is 25.7 Å². The van der Waals surface area contributed by atoms with Gasteiger partial charge in [-0.25, -0.2) is 19.1 Å². The standard InChI is InChI=1S/C26H28N6O7S2/c1-26(2,3)39-17(33)8-7-11-38-30-18(16-14-41-25(27)28-16)21(34)29-19-22(35)32-20(24(36)37)15(13-40-23(19)32)12-31-9-5-4-6-10-31/h4-10,14,19,23H,11-13H2,1-3H3,(H3-,27,28,29,34,36,37)/p+1/t19?,23-/m0/s1. The van der Waals surface area contributed by atoms with Crippen molar-refractivity contribution in [2.45, 2.75) is 44.3 Å². The number of hydrogen-bond donors (Lipinski definition) is 3. The number of carboxylic acids is 1. The smallest absolute Gasteiger partial charge is 0.352 e. The second kappa shape index (κ2) is 12.5. The summed E-state index contributed by atoms with van der Waals surface area (Å²) in [6.07, 6.45) is 6.18. The second-order valence-electron chi connectivity index (χ2n) is 9.91. The minimum atomic E-state index is -1.21. The number of fused-ring (bicyclic) bond motifs is 1. The van der Waals surface area contributed by atoms with Crippen molar-refractivity contribution >= 4 is 57.7 Å². The summed E-state index contributed by atoms with van der Waals surface area (Å²) in [5.74, 6) is -2.72. The SMILES string of the molecule is CC(C)(C)OC(=O)C=CCON=C(C(=O)NC1C(=O)N2C(C(=O)O)=C(C[n+]3ccccc3)CS[C@@H]12)c1csc(N)n1. The number of esters is 1. The van der Waals surface area contributed by atoms with Gasteiger partial charge in [-0.05, 0) is 26.8 Å². The average Bonchev–Trinajstić information content (AvgIpc) is 3.33. The Hall–Kier alpha value is -4.24. The largest absolute Gasteiger partial charge is 0.477 e. The van der Waals surface area contributed by atoms with E-state index in [0.29, 0.717) is 17.9 Å². The highest BCUT2D eigenvalue weighted by Gasteiger charge is 2.54. The molecule has 0 radical (unpaired) electrons. The van der Waals surface area contributed by atoms with Crippen LogP contribution in [0.3, 0.4) is 0 Å². The lowest BCUT2D eigenvalue weighted by atomic mass is 10.0. The summed E-state index contributed by atoms with van der Waals surface area (Å²) in [4.78, 5) is 60.8. The predicted octanol–water partition coefficient (Wildman–Crippen LogP) is 1.07. The first-order valence-corrected chi connectivity index (χ1v) is 14.3. The lowest BCUT2D eigenvalue weighted by Crippen LogP contribution is -2.71. The molecule has 0 bridgehead atoms. The van der Waals surface area contributed by atoms with Crippen molar-refractivity contribution in [2.75, 3.05) is 18.1 Å². The van der Waals surface area contributed by atoms with E-state index in [9.17, 15) is 24.3 Å². The third kappa shape index (κ3) is 7.29. The molecule has 2 aromatic rings. The van der Waals surface area contributed by atoms with E-state index in [1.165, 1.54) is 34.2 Å². The highest BCUT2D eigenvalue weighted by atomic mass is 32.2. The number of carbonyl (C=O) groups excluding carboxylic acids is 3. The fourth-order valence-corrected chi connectivity index (χ4v) is 5.88. The number of ether oxygens (including phenoxy) is 1. The lowest BCUT2D eigenvalue weighted by Gasteiger charge is -2.49. The number of nitrogens with two attached hydrogens (primary N) is 1. The molecule has 2 aliphatic heterocycles. The van der Waals surface area contributed by atoms with Gasteiger partial charge in [0.05, 0.1) is 0 Å². The highest BCUT2D eigenvalue weighted by Crippen LogP contribution is 2.40. The van der Waals surface area contributed by atoms with E-state index < -0.39 is 40.8 Å². The first-order chi connectivity index (χ1) is 19.4. The van der Waals surface area contributed by atoms with Gasteiger partial charge in [-0.3, -0.25) is 14.5 Å². The van der Waals surface area contributed by atoms with Gasteiger partial charge in [-0.1, -0.05) is 11.2 Å². The van der Waals surface area contributed by atoms with Crippen LogP contribution >= 0.6 is 23.1 Å². The van der Waals surface area contributed by atoms with Gasteiger partial charge in [0.15, 0.2) is 29.8 Å². The molecule has 4 rings (SSSR count). The van der Waals surface area contributed by atoms with Crippen LogP contribution in [-0.2, 0) is 35.3 Å². The minimum Gasteiger partial charge on any atom is -0.477 e. The lowest BCUT2D eigenvalue weighted by molar-refractivity contribution is -0.689. The summed E-state index contributed by atoms with van der Waals surface area (Å²) in [6, 6.07) is 4.53. The molecule has 2 amide bonds. The minimum absolute atomic E-state index is 0.0816. The zero-order valence-corrected chi connectivity index (χ0v) is 24.1. The molecule has 15 heteroatoms. The summed E-state index contributed by atoms with van der Waals surface area (Å²) >= 11 is 2.44. The van der Waals surface area contributed by atoms with Crippen molar-refractivity contribution in [1.82, 2.24) is 15.2 Å². The van der Waals surface area contributed by atoms with E-state index in [2.05, 4.69) is 15.5 Å². The molecule has 1 fully saturated rings. The summed E-state index contributed by atoms with van der Waals surface area (Å²) in [5, 5.41) is 17.5. The number of hydrogen-bond acceptors (Lipinski definition) is 11. The van der Waals surface area contributed by atoms with E-state index >= 15 is 0 Å². The number of carbonyl (C=O) groups is 4. The summed E-state index contributed by atoms with van der Waals surface area (Å²) in [7, 11) is 0. The Morgan fingerprint density at radius 3 is 2.66 bits per heavy atom. The molecule has 0 saturated carbocycles. The van der Waals surface area contributed by atoms with Crippen LogP contribution in [0.4, 0.5) is 5.13 Å². The number of nitrogens with zero attached hydrogens (tertiary/aromatic N) is 4. The van der Waals surface area contributed by atoms with Gasteiger partial charge >= 0.3 is 11.9 Å². The third-order valence-corrected chi connectivity index (χ3v) is 7.67. The number of thiazole rings is 1. The van der Waals surface area contributed by atoms with Crippen LogP contribution in [0.5, 0.6) is 0 Å². The number of amides is 2. The first kappa shape index (κ1) is 29.7. The zero-order chi connectivity index (χ0) is 29.7. The highest BCUT2D eigenvalue weighted by molar-refractivity contribution is 8.00. The van der Waals surface area contributed by atoms with Gasteiger partial charge in [-0.15, -0.1) is 23.1 Å². The number of nitrogen functional groups attached to an aromatic ring is 1. The van der Waals surface area contributed by atoms with Crippen LogP contribution in [0.25, 0.3) is 0 Å². The number of oxime groups is 1. The summed E-state index contributed by atoms with van der Waals surface area (Å²) in [5.41, 5.74) is 5.48. The molecule has 1 unspecified atom stereocenters. The monoisotopic (exact) mass is 601 g/mol. The van der Waals surface area contributed by atoms with E-state index in [0.717, 1.165) is 11.3 Å². The molecule has 13 nitrogen and oxygen atoms in total. The van der Waals surface area contributed by atoms with Crippen molar-refractivity contribution in [3.05, 3.63) is 65.1 Å². The maximum Gasteiger partial charge on any atom is 0.352 e. The van der Waals surface area contributed by atoms with Gasteiger partial charge in [0.25, 0.3) is 11.8 Å². The van der Waals surface area contributed by atoms with Crippen LogP contribution < -0.4 is 15.6 Å². The van der Waals surface area contributed by atoms with Crippen molar-refractivity contribution in [2.24, 2.45) is 5.16 Å². The number of pyridine rings is 1. The number of nitrogens with one attached hydrogen (secondary N) is 1. The Bertz CT molecular complexity index is 1430. The van der Waals surface area contributed by atoms with Crippen LogP contribution in [0.2, 0.25) is 0 Å². The van der Waals surface area contributed by atoms with Crippen LogP contribution in [0.15, 0.2) is 64.6 Å². The Morgan fingerprint density at radius 2 is 2.02 bits per heavy atom. The number of anilines is 1. The molecule has 0 aliphatic carbocycles. The topological polar surface area (TPSA) is 177 Å². The number of aromatic nitrogens is 2. The van der Waals surface area contributed by atoms with E-state index in [4.69, 9.17) is 15.3 Å². The number of carboxylic acid groups (broad SMARTS) is 1. The average molecular weight is 602 g/mol. The molecular formula is C26H29N6O7S2+. The molecule has 0 spiro atoms. The van der Waals surface area contributed by atoms with Crippen LogP contribution in [0.1, 0.15) is 26.5 Å². The quantitative estimate of drug-likeness (QED) is 0.0679. The second-order valence-corrected chi connectivity index (χ2v) is 11.9. The van der Waals surface area contributed by atoms with Crippen LogP contribution in [0, 0.1) is 0 Å². The Kier molecular flexibility index (Phi) is 9.08. The van der Waals surface area contributed by atoms with Crippen molar-refractivity contribution in [3.63, 3.8) is 0 Å². The third-order valence-electron chi connectivity index (χ3n) is 5.65. The molecule has 2 aliphatic rings. The molecular weight excluding hydrogens is 572 g/mol. The van der Waals surface area contributed by atoms with Gasteiger partial charge in [0.1, 0.15) is 35.0 Å². The normalized spacial score (nSPS) is 19.0. The number of aliphatic carboxylic acids is 1. The van der Waals surface area contributed by atoms with E-state index in [1.54, 1.807) is 20.8 Å². The molecule has 216 valence electrons. The molecule has 41 heavy (non-hydrogen) atoms. The van der Waals surface area contributed by atoms with Crippen LogP contribution in [-0.4, -0.2) is 73.8 Å². The maximum absolute atomic E-state index is 13.2. The molecule has 1 saturated heterocycles. The zero-order valence-electron chi connectivity index (χ0n) is 22.5. The number of thioether (sulfide) groups is 1. The number of rotatable bonds is 10. The molecule has 2 aromatic heterocycles. The van der Waals surface area contributed by atoms with Crippen molar-refractivity contribution in [3.8, 4) is 0 Å². The van der Waals surface area contributed by atoms with Crippen molar-refractivity contribution in [1.29, 1.82) is 0 Å². The van der Waals surface area contributed by atoms with Crippen molar-refractivity contribution < 1.29 is 38.4 Å².